The fourth-order valence-electron chi connectivity index (χ4n) is 6.83. The summed E-state index contributed by atoms with van der Waals surface area (Å²) < 4.78 is 0. The number of rotatable bonds is 4. The van der Waals surface area contributed by atoms with Gasteiger partial charge < -0.3 is 0 Å². The van der Waals surface area contributed by atoms with Crippen molar-refractivity contribution in [3.05, 3.63) is 180 Å². The number of allylic oxidation sites excluding steroid dienone is 3. The first kappa shape index (κ1) is 25.3. The van der Waals surface area contributed by atoms with E-state index >= 15 is 0 Å². The molecule has 0 saturated heterocycles. The third-order valence-corrected chi connectivity index (χ3v) is 8.87. The van der Waals surface area contributed by atoms with Crippen LogP contribution in [0, 0.1) is 0 Å². The van der Waals surface area contributed by atoms with Crippen LogP contribution in [0.25, 0.3) is 66.2 Å². The lowest BCUT2D eigenvalue weighted by Gasteiger charge is -2.17. The second-order valence-electron chi connectivity index (χ2n) is 11.3. The minimum atomic E-state index is 0.908. The van der Waals surface area contributed by atoms with Gasteiger partial charge in [0.05, 0.1) is 0 Å². The van der Waals surface area contributed by atoms with Crippen LogP contribution >= 0.6 is 0 Å². The van der Waals surface area contributed by atoms with E-state index in [1.165, 1.54) is 81.7 Å². The Morgan fingerprint density at radius 3 is 2.05 bits per heavy atom. The molecule has 1 aliphatic carbocycles. The van der Waals surface area contributed by atoms with Crippen LogP contribution < -0.4 is 10.4 Å². The van der Waals surface area contributed by atoms with Gasteiger partial charge in [0, 0.05) is 0 Å². The zero-order chi connectivity index (χ0) is 28.8. The maximum atomic E-state index is 4.11. The smallest absolute Gasteiger partial charge is 0.00637 e. The second-order valence-corrected chi connectivity index (χ2v) is 11.3. The van der Waals surface area contributed by atoms with E-state index in [4.69, 9.17) is 0 Å². The summed E-state index contributed by atoms with van der Waals surface area (Å²) in [6.45, 7) is 4.11. The number of benzene rings is 7. The molecule has 0 radical (unpaired) electrons. The van der Waals surface area contributed by atoms with Crippen LogP contribution in [0.15, 0.2) is 158 Å². The summed E-state index contributed by atoms with van der Waals surface area (Å²) in [6.07, 6.45) is 9.63. The highest BCUT2D eigenvalue weighted by atomic mass is 14.2. The summed E-state index contributed by atoms with van der Waals surface area (Å²) in [5.74, 6) is 0. The molecule has 0 heteroatoms. The van der Waals surface area contributed by atoms with Crippen LogP contribution in [0.2, 0.25) is 0 Å². The van der Waals surface area contributed by atoms with E-state index in [2.05, 4.69) is 158 Å². The number of hydrogen-bond donors (Lipinski definition) is 0. The van der Waals surface area contributed by atoms with E-state index in [1.54, 1.807) is 0 Å². The van der Waals surface area contributed by atoms with Crippen molar-refractivity contribution in [1.82, 2.24) is 0 Å². The van der Waals surface area contributed by atoms with Crippen molar-refractivity contribution in [3.63, 3.8) is 0 Å². The molecule has 7 aromatic carbocycles. The Labute approximate surface area is 251 Å². The highest BCUT2D eigenvalue weighted by molar-refractivity contribution is 5.98. The summed E-state index contributed by atoms with van der Waals surface area (Å²) in [5.41, 5.74) is 8.85. The minimum Gasteiger partial charge on any atom is -0.0990 e. The van der Waals surface area contributed by atoms with Gasteiger partial charge in [-0.3, -0.25) is 0 Å². The van der Waals surface area contributed by atoms with E-state index in [0.717, 1.165) is 6.42 Å². The summed E-state index contributed by atoms with van der Waals surface area (Å²) >= 11 is 0. The van der Waals surface area contributed by atoms with Crippen molar-refractivity contribution in [2.75, 3.05) is 0 Å². The van der Waals surface area contributed by atoms with E-state index in [1.807, 2.05) is 6.08 Å². The molecule has 0 bridgehead atoms. The van der Waals surface area contributed by atoms with Gasteiger partial charge in [-0.05, 0) is 94.2 Å². The Balaban J connectivity index is 1.31. The summed E-state index contributed by atoms with van der Waals surface area (Å²) in [6, 6.07) is 48.7. The van der Waals surface area contributed by atoms with Gasteiger partial charge in [-0.1, -0.05) is 158 Å². The van der Waals surface area contributed by atoms with Gasteiger partial charge in [-0.25, -0.2) is 0 Å². The average Bonchev–Trinajstić information content (AvgIpc) is 3.07. The lowest BCUT2D eigenvalue weighted by molar-refractivity contribution is 1.24. The van der Waals surface area contributed by atoms with Gasteiger partial charge in [-0.15, -0.1) is 0 Å². The fraction of sp³-hybridized carbons (Fsp3) is 0.0233. The van der Waals surface area contributed by atoms with Crippen molar-refractivity contribution in [2.24, 2.45) is 0 Å². The quantitative estimate of drug-likeness (QED) is 0.206. The lowest BCUT2D eigenvalue weighted by atomic mass is 9.87. The van der Waals surface area contributed by atoms with Crippen molar-refractivity contribution in [3.8, 4) is 22.3 Å². The molecule has 202 valence electrons. The Morgan fingerprint density at radius 2 is 1.21 bits per heavy atom. The molecule has 0 heterocycles. The van der Waals surface area contributed by atoms with Crippen LogP contribution in [-0.2, 0) is 6.42 Å². The zero-order valence-electron chi connectivity index (χ0n) is 23.9. The molecule has 7 aromatic rings. The Kier molecular flexibility index (Phi) is 6.12. The van der Waals surface area contributed by atoms with Crippen molar-refractivity contribution in [1.29, 1.82) is 0 Å². The van der Waals surface area contributed by atoms with Crippen LogP contribution in [0.3, 0.4) is 0 Å². The van der Waals surface area contributed by atoms with E-state index in [-0.39, 0.29) is 0 Å². The van der Waals surface area contributed by atoms with Crippen molar-refractivity contribution < 1.29 is 0 Å². The monoisotopic (exact) mass is 546 g/mol. The van der Waals surface area contributed by atoms with E-state index < -0.39 is 0 Å². The highest BCUT2D eigenvalue weighted by Gasteiger charge is 2.14. The van der Waals surface area contributed by atoms with Gasteiger partial charge in [0.15, 0.2) is 0 Å². The topological polar surface area (TPSA) is 0 Å². The van der Waals surface area contributed by atoms with Gasteiger partial charge in [0.2, 0.25) is 0 Å². The first-order chi connectivity index (χ1) is 21.3. The number of hydrogen-bond acceptors (Lipinski definition) is 0. The molecule has 0 unspecified atom stereocenters. The largest absolute Gasteiger partial charge is 0.0990 e. The van der Waals surface area contributed by atoms with Crippen molar-refractivity contribution >= 4 is 44.0 Å². The predicted molar refractivity (Wildman–Crippen MR) is 186 cm³/mol. The first-order valence-corrected chi connectivity index (χ1v) is 14.9. The Hall–Kier alpha value is -5.46. The third kappa shape index (κ3) is 4.31. The molecule has 1 aliphatic rings. The summed E-state index contributed by atoms with van der Waals surface area (Å²) in [7, 11) is 0. The highest BCUT2D eigenvalue weighted by Crippen LogP contribution is 2.31. The fourth-order valence-corrected chi connectivity index (χ4v) is 6.83. The predicted octanol–water partition coefficient (Wildman–Crippen LogP) is 9.76. The van der Waals surface area contributed by atoms with Gasteiger partial charge in [0.25, 0.3) is 0 Å². The second kappa shape index (κ2) is 10.4. The molecule has 0 atom stereocenters. The third-order valence-electron chi connectivity index (χ3n) is 8.87. The van der Waals surface area contributed by atoms with Crippen molar-refractivity contribution in [2.45, 2.75) is 6.42 Å². The molecule has 0 saturated carbocycles. The van der Waals surface area contributed by atoms with Gasteiger partial charge in [-0.2, -0.15) is 0 Å². The van der Waals surface area contributed by atoms with Crippen LogP contribution in [0.1, 0.15) is 11.1 Å². The zero-order valence-corrected chi connectivity index (χ0v) is 23.9. The maximum Gasteiger partial charge on any atom is -0.00637 e. The van der Waals surface area contributed by atoms with E-state index in [0.29, 0.717) is 0 Å². The molecule has 0 aliphatic heterocycles. The maximum absolute atomic E-state index is 4.11. The molecule has 0 nitrogen and oxygen atoms in total. The average molecular weight is 547 g/mol. The molecular formula is C43H30. The molecule has 0 aromatic heterocycles. The van der Waals surface area contributed by atoms with Crippen LogP contribution in [0.5, 0.6) is 0 Å². The molecule has 8 rings (SSSR count). The molecule has 0 amide bonds. The molecule has 0 spiro atoms. The van der Waals surface area contributed by atoms with Crippen LogP contribution in [0.4, 0.5) is 0 Å². The minimum absolute atomic E-state index is 0.908. The molecule has 43 heavy (non-hydrogen) atoms. The SMILES string of the molecule is C=C/C=c1/c(-c2ccc(-c3cccc4ccccc34)cc2)ccc2ccc3c(c12)CC=CC=3c1ccc2ccccc2c1. The van der Waals surface area contributed by atoms with Gasteiger partial charge in [0.1, 0.15) is 0 Å². The molecule has 0 N–H and O–H groups in total. The Morgan fingerprint density at radius 1 is 0.535 bits per heavy atom. The normalized spacial score (nSPS) is 13.1. The summed E-state index contributed by atoms with van der Waals surface area (Å²) in [5, 5.41) is 10.2. The standard InChI is InChI=1S/C43H30/c1-2-9-41-39(32-21-19-31(20-22-32)37-15-7-13-30-11-5-6-14-36(30)37)26-24-33-25-27-40-38(16-8-17-42(40)43(33)41)35-23-18-29-10-3-4-12-34(29)28-35/h2-16,18-28H,1,17H2/b41-9-. The van der Waals surface area contributed by atoms with Crippen LogP contribution in [-0.4, -0.2) is 0 Å². The van der Waals surface area contributed by atoms with E-state index in [9.17, 15) is 0 Å². The molecule has 0 fully saturated rings. The number of fused-ring (bicyclic) bond motifs is 5. The first-order valence-electron chi connectivity index (χ1n) is 14.9. The molecular weight excluding hydrogens is 516 g/mol. The summed E-state index contributed by atoms with van der Waals surface area (Å²) in [4.78, 5) is 0. The lowest BCUT2D eigenvalue weighted by Crippen LogP contribution is -2.20. The Bertz CT molecular complexity index is 2360. The van der Waals surface area contributed by atoms with Gasteiger partial charge >= 0.3 is 0 Å².